The predicted octanol–water partition coefficient (Wildman–Crippen LogP) is 2.59. The molecule has 0 aliphatic carbocycles. The first kappa shape index (κ1) is 11.5. The summed E-state index contributed by atoms with van der Waals surface area (Å²) in [6.45, 7) is 1.96. The summed E-state index contributed by atoms with van der Waals surface area (Å²) in [5, 5.41) is 9.26. The van der Waals surface area contributed by atoms with Crippen molar-refractivity contribution < 1.29 is 14.6 Å². The molecular formula is C11H10N2O3S. The molecule has 0 amide bonds. The van der Waals surface area contributed by atoms with Gasteiger partial charge in [-0.25, -0.2) is 4.79 Å². The second-order valence-corrected chi connectivity index (χ2v) is 3.98. The Morgan fingerprint density at radius 2 is 2.35 bits per heavy atom. The van der Waals surface area contributed by atoms with Gasteiger partial charge in [-0.05, 0) is 18.2 Å². The van der Waals surface area contributed by atoms with Crippen molar-refractivity contribution in [2.45, 2.75) is 13.3 Å². The monoisotopic (exact) mass is 250 g/mol. The lowest BCUT2D eigenvalue weighted by Crippen LogP contribution is -1.96. The standard InChI is InChI=1S/C11H10N2O3S/c1-2-9-12-11(17-13-9)16-8-5-3-4-7(6-8)10(14)15/h3-6H,2H2,1H3,(H,14,15). The summed E-state index contributed by atoms with van der Waals surface area (Å²) < 4.78 is 9.51. The van der Waals surface area contributed by atoms with Gasteiger partial charge in [0.15, 0.2) is 0 Å². The number of rotatable bonds is 4. The van der Waals surface area contributed by atoms with E-state index in [1.54, 1.807) is 12.1 Å². The number of carboxylic acids is 1. The van der Waals surface area contributed by atoms with Gasteiger partial charge in [-0.2, -0.15) is 9.36 Å². The molecule has 0 unspecified atom stereocenters. The van der Waals surface area contributed by atoms with Gasteiger partial charge in [0.05, 0.1) is 5.56 Å². The molecule has 0 aliphatic heterocycles. The fourth-order valence-corrected chi connectivity index (χ4v) is 1.85. The molecule has 0 fully saturated rings. The number of ether oxygens (including phenoxy) is 1. The zero-order valence-corrected chi connectivity index (χ0v) is 9.90. The van der Waals surface area contributed by atoms with E-state index < -0.39 is 5.97 Å². The summed E-state index contributed by atoms with van der Waals surface area (Å²) in [6.07, 6.45) is 0.745. The first-order valence-electron chi connectivity index (χ1n) is 5.03. The molecule has 0 saturated carbocycles. The molecular weight excluding hydrogens is 240 g/mol. The lowest BCUT2D eigenvalue weighted by atomic mass is 10.2. The van der Waals surface area contributed by atoms with Crippen LogP contribution >= 0.6 is 11.5 Å². The topological polar surface area (TPSA) is 72.3 Å². The Morgan fingerprint density at radius 1 is 1.53 bits per heavy atom. The zero-order valence-electron chi connectivity index (χ0n) is 9.08. The molecule has 17 heavy (non-hydrogen) atoms. The van der Waals surface area contributed by atoms with Crippen LogP contribution in [0.1, 0.15) is 23.1 Å². The van der Waals surface area contributed by atoms with Gasteiger partial charge in [0.2, 0.25) is 0 Å². The van der Waals surface area contributed by atoms with Crippen LogP contribution in [0.25, 0.3) is 0 Å². The molecule has 0 radical (unpaired) electrons. The normalized spacial score (nSPS) is 10.2. The molecule has 0 atom stereocenters. The first-order valence-corrected chi connectivity index (χ1v) is 5.80. The maximum absolute atomic E-state index is 10.8. The maximum Gasteiger partial charge on any atom is 0.335 e. The minimum atomic E-state index is -0.984. The van der Waals surface area contributed by atoms with Crippen molar-refractivity contribution in [3.05, 3.63) is 35.7 Å². The van der Waals surface area contributed by atoms with Gasteiger partial charge in [0.1, 0.15) is 11.6 Å². The second kappa shape index (κ2) is 4.92. The van der Waals surface area contributed by atoms with Crippen LogP contribution in [-0.2, 0) is 6.42 Å². The third-order valence-electron chi connectivity index (χ3n) is 2.05. The smallest absolute Gasteiger partial charge is 0.335 e. The number of carboxylic acid groups (broad SMARTS) is 1. The molecule has 88 valence electrons. The average Bonchev–Trinajstić information content (AvgIpc) is 2.77. The number of hydrogen-bond donors (Lipinski definition) is 1. The van der Waals surface area contributed by atoms with Crippen molar-refractivity contribution in [1.82, 2.24) is 9.36 Å². The van der Waals surface area contributed by atoms with E-state index in [1.165, 1.54) is 12.1 Å². The van der Waals surface area contributed by atoms with Crippen molar-refractivity contribution in [3.63, 3.8) is 0 Å². The molecule has 2 aromatic rings. The Kier molecular flexibility index (Phi) is 3.34. The van der Waals surface area contributed by atoms with E-state index in [9.17, 15) is 4.79 Å². The molecule has 0 aliphatic rings. The van der Waals surface area contributed by atoms with Crippen LogP contribution in [0.5, 0.6) is 10.9 Å². The Bertz CT molecular complexity index is 539. The van der Waals surface area contributed by atoms with Crippen molar-refractivity contribution in [3.8, 4) is 10.9 Å². The summed E-state index contributed by atoms with van der Waals surface area (Å²) in [7, 11) is 0. The Hall–Kier alpha value is -1.95. The number of benzene rings is 1. The van der Waals surface area contributed by atoms with Gasteiger partial charge in [-0.15, -0.1) is 0 Å². The van der Waals surface area contributed by atoms with Crippen molar-refractivity contribution in [2.75, 3.05) is 0 Å². The average molecular weight is 250 g/mol. The van der Waals surface area contributed by atoms with E-state index in [4.69, 9.17) is 9.84 Å². The molecule has 0 saturated heterocycles. The van der Waals surface area contributed by atoms with Crippen LogP contribution in [-0.4, -0.2) is 20.4 Å². The number of nitrogens with zero attached hydrogens (tertiary/aromatic N) is 2. The van der Waals surface area contributed by atoms with E-state index in [2.05, 4.69) is 9.36 Å². The molecule has 0 bridgehead atoms. The van der Waals surface area contributed by atoms with Gasteiger partial charge in [0.25, 0.3) is 5.19 Å². The maximum atomic E-state index is 10.8. The molecule has 0 spiro atoms. The van der Waals surface area contributed by atoms with E-state index in [1.807, 2.05) is 6.92 Å². The van der Waals surface area contributed by atoms with Crippen LogP contribution in [0.15, 0.2) is 24.3 Å². The van der Waals surface area contributed by atoms with Crippen LogP contribution in [0.3, 0.4) is 0 Å². The third kappa shape index (κ3) is 2.79. The molecule has 1 N–H and O–H groups in total. The van der Waals surface area contributed by atoms with E-state index >= 15 is 0 Å². The lowest BCUT2D eigenvalue weighted by molar-refractivity contribution is 0.0696. The summed E-state index contributed by atoms with van der Waals surface area (Å²) in [5.74, 6) is 0.185. The SMILES string of the molecule is CCc1nsc(Oc2cccc(C(=O)O)c2)n1. The van der Waals surface area contributed by atoms with E-state index in [0.717, 1.165) is 23.8 Å². The van der Waals surface area contributed by atoms with Crippen LogP contribution < -0.4 is 4.74 Å². The number of aromatic nitrogens is 2. The number of hydrogen-bond acceptors (Lipinski definition) is 5. The van der Waals surface area contributed by atoms with Gasteiger partial charge < -0.3 is 9.84 Å². The Morgan fingerprint density at radius 3 is 3.00 bits per heavy atom. The Labute approximate surface area is 102 Å². The predicted molar refractivity (Wildman–Crippen MR) is 62.8 cm³/mol. The second-order valence-electron chi connectivity index (χ2n) is 3.27. The minimum absolute atomic E-state index is 0.183. The highest BCUT2D eigenvalue weighted by atomic mass is 32.1. The quantitative estimate of drug-likeness (QED) is 0.902. The third-order valence-corrected chi connectivity index (χ3v) is 2.68. The van der Waals surface area contributed by atoms with Crippen molar-refractivity contribution >= 4 is 17.5 Å². The molecule has 1 aromatic carbocycles. The molecule has 1 heterocycles. The molecule has 6 heteroatoms. The van der Waals surface area contributed by atoms with Crippen molar-refractivity contribution in [2.24, 2.45) is 0 Å². The molecule has 2 rings (SSSR count). The van der Waals surface area contributed by atoms with Gasteiger partial charge in [-0.1, -0.05) is 13.0 Å². The lowest BCUT2D eigenvalue weighted by Gasteiger charge is -2.01. The summed E-state index contributed by atoms with van der Waals surface area (Å²) >= 11 is 1.15. The minimum Gasteiger partial charge on any atom is -0.478 e. The number of aromatic carboxylic acids is 1. The van der Waals surface area contributed by atoms with E-state index in [0.29, 0.717) is 10.9 Å². The number of carbonyl (C=O) groups is 1. The zero-order chi connectivity index (χ0) is 12.3. The fraction of sp³-hybridized carbons (Fsp3) is 0.182. The number of aryl methyl sites for hydroxylation is 1. The van der Waals surface area contributed by atoms with Crippen LogP contribution in [0, 0.1) is 0 Å². The fourth-order valence-electron chi connectivity index (χ4n) is 1.22. The Balaban J connectivity index is 2.18. The first-order chi connectivity index (χ1) is 8.19. The van der Waals surface area contributed by atoms with E-state index in [-0.39, 0.29) is 5.56 Å². The highest BCUT2D eigenvalue weighted by Gasteiger charge is 2.07. The summed E-state index contributed by atoms with van der Waals surface area (Å²) in [6, 6.07) is 6.27. The largest absolute Gasteiger partial charge is 0.478 e. The highest BCUT2D eigenvalue weighted by molar-refractivity contribution is 7.07. The summed E-state index contributed by atoms with van der Waals surface area (Å²) in [4.78, 5) is 14.9. The molecule has 1 aromatic heterocycles. The van der Waals surface area contributed by atoms with Gasteiger partial charge in [0, 0.05) is 18.0 Å². The van der Waals surface area contributed by atoms with Crippen molar-refractivity contribution in [1.29, 1.82) is 0 Å². The van der Waals surface area contributed by atoms with Crippen LogP contribution in [0.4, 0.5) is 0 Å². The van der Waals surface area contributed by atoms with Gasteiger partial charge in [-0.3, -0.25) is 0 Å². The molecule has 5 nitrogen and oxygen atoms in total. The van der Waals surface area contributed by atoms with Gasteiger partial charge >= 0.3 is 5.97 Å². The van der Waals surface area contributed by atoms with Crippen LogP contribution in [0.2, 0.25) is 0 Å². The summed E-state index contributed by atoms with van der Waals surface area (Å²) in [5.41, 5.74) is 0.183. The highest BCUT2D eigenvalue weighted by Crippen LogP contribution is 2.23.